The summed E-state index contributed by atoms with van der Waals surface area (Å²) < 4.78 is 1.87. The monoisotopic (exact) mass is 252 g/mol. The van der Waals surface area contributed by atoms with Crippen molar-refractivity contribution in [3.63, 3.8) is 0 Å². The summed E-state index contributed by atoms with van der Waals surface area (Å²) in [5, 5.41) is 7.98. The number of hydrogen-bond donors (Lipinski definition) is 2. The molecular weight excluding hydrogens is 224 g/mol. The van der Waals surface area contributed by atoms with Crippen molar-refractivity contribution in [1.29, 1.82) is 0 Å². The molecule has 0 radical (unpaired) electrons. The second-order valence-corrected chi connectivity index (χ2v) is 5.38. The molecule has 3 N–H and O–H groups in total. The maximum Gasteiger partial charge on any atom is 0.147 e. The van der Waals surface area contributed by atoms with E-state index in [1.54, 1.807) is 0 Å². The second kappa shape index (κ2) is 6.66. The summed E-state index contributed by atoms with van der Waals surface area (Å²) in [5.74, 6) is 1.70. The van der Waals surface area contributed by atoms with E-state index in [1.807, 2.05) is 11.7 Å². The van der Waals surface area contributed by atoms with Gasteiger partial charge in [0.2, 0.25) is 0 Å². The lowest BCUT2D eigenvalue weighted by Crippen LogP contribution is -2.20. The van der Waals surface area contributed by atoms with Crippen LogP contribution in [0.15, 0.2) is 0 Å². The highest BCUT2D eigenvalue weighted by Crippen LogP contribution is 2.25. The Balaban J connectivity index is 2.72. The minimum atomic E-state index is 0.423. The standard InChI is InChI=1S/C14H28N4/c1-6-8-12-13(15)14(18(5)17-12)16-11(4)9-10(3)7-2/h10-11,16H,6-9,15H2,1-5H3. The van der Waals surface area contributed by atoms with Crippen LogP contribution in [0.3, 0.4) is 0 Å². The Morgan fingerprint density at radius 1 is 1.33 bits per heavy atom. The summed E-state index contributed by atoms with van der Waals surface area (Å²) in [6.45, 7) is 8.87. The van der Waals surface area contributed by atoms with E-state index in [-0.39, 0.29) is 0 Å². The van der Waals surface area contributed by atoms with Crippen molar-refractivity contribution < 1.29 is 0 Å². The van der Waals surface area contributed by atoms with Gasteiger partial charge in [0.1, 0.15) is 5.82 Å². The number of anilines is 2. The molecule has 0 aliphatic heterocycles. The van der Waals surface area contributed by atoms with Gasteiger partial charge >= 0.3 is 0 Å². The molecule has 0 spiro atoms. The summed E-state index contributed by atoms with van der Waals surface area (Å²) in [4.78, 5) is 0. The van der Waals surface area contributed by atoms with Crippen molar-refractivity contribution in [2.75, 3.05) is 11.1 Å². The molecule has 1 aromatic rings. The third kappa shape index (κ3) is 3.65. The zero-order valence-corrected chi connectivity index (χ0v) is 12.5. The van der Waals surface area contributed by atoms with Crippen LogP contribution in [-0.4, -0.2) is 15.8 Å². The maximum atomic E-state index is 6.16. The number of rotatable bonds is 7. The zero-order chi connectivity index (χ0) is 13.7. The van der Waals surface area contributed by atoms with Crippen LogP contribution in [0.1, 0.15) is 52.7 Å². The van der Waals surface area contributed by atoms with E-state index in [4.69, 9.17) is 5.73 Å². The SMILES string of the molecule is CCCc1nn(C)c(NC(C)CC(C)CC)c1N. The third-order valence-electron chi connectivity index (χ3n) is 3.48. The number of nitrogens with one attached hydrogen (secondary N) is 1. The largest absolute Gasteiger partial charge is 0.394 e. The predicted molar refractivity (Wildman–Crippen MR) is 78.8 cm³/mol. The maximum absolute atomic E-state index is 6.16. The van der Waals surface area contributed by atoms with Crippen molar-refractivity contribution >= 4 is 11.5 Å². The van der Waals surface area contributed by atoms with Gasteiger partial charge in [0.25, 0.3) is 0 Å². The van der Waals surface area contributed by atoms with E-state index in [0.29, 0.717) is 6.04 Å². The van der Waals surface area contributed by atoms with Gasteiger partial charge in [-0.25, -0.2) is 0 Å². The van der Waals surface area contributed by atoms with Gasteiger partial charge in [-0.05, 0) is 25.7 Å². The van der Waals surface area contributed by atoms with Gasteiger partial charge < -0.3 is 11.1 Å². The number of hydrogen-bond acceptors (Lipinski definition) is 3. The zero-order valence-electron chi connectivity index (χ0n) is 12.5. The molecule has 0 saturated carbocycles. The predicted octanol–water partition coefficient (Wildman–Crippen LogP) is 3.19. The van der Waals surface area contributed by atoms with Crippen LogP contribution < -0.4 is 11.1 Å². The number of aryl methyl sites for hydroxylation is 2. The van der Waals surface area contributed by atoms with E-state index in [9.17, 15) is 0 Å². The van der Waals surface area contributed by atoms with Crippen molar-refractivity contribution in [2.24, 2.45) is 13.0 Å². The van der Waals surface area contributed by atoms with E-state index >= 15 is 0 Å². The summed E-state index contributed by atoms with van der Waals surface area (Å²) in [5.41, 5.74) is 7.98. The van der Waals surface area contributed by atoms with Crippen LogP contribution in [0.2, 0.25) is 0 Å². The van der Waals surface area contributed by atoms with E-state index in [0.717, 1.165) is 42.4 Å². The summed E-state index contributed by atoms with van der Waals surface area (Å²) in [7, 11) is 1.95. The quantitative estimate of drug-likeness (QED) is 0.783. The average molecular weight is 252 g/mol. The fourth-order valence-corrected chi connectivity index (χ4v) is 2.25. The van der Waals surface area contributed by atoms with Crippen LogP contribution in [0.4, 0.5) is 11.5 Å². The van der Waals surface area contributed by atoms with Crippen molar-refractivity contribution in [2.45, 2.75) is 59.4 Å². The second-order valence-electron chi connectivity index (χ2n) is 5.38. The van der Waals surface area contributed by atoms with Crippen LogP contribution in [-0.2, 0) is 13.5 Å². The lowest BCUT2D eigenvalue weighted by molar-refractivity contribution is 0.482. The van der Waals surface area contributed by atoms with Gasteiger partial charge in [-0.2, -0.15) is 5.10 Å². The van der Waals surface area contributed by atoms with Crippen LogP contribution in [0.5, 0.6) is 0 Å². The van der Waals surface area contributed by atoms with Gasteiger partial charge in [0.15, 0.2) is 0 Å². The molecule has 0 fully saturated rings. The highest BCUT2D eigenvalue weighted by atomic mass is 15.3. The minimum Gasteiger partial charge on any atom is -0.394 e. The molecule has 0 aliphatic rings. The van der Waals surface area contributed by atoms with Gasteiger partial charge in [-0.15, -0.1) is 0 Å². The molecule has 0 saturated heterocycles. The van der Waals surface area contributed by atoms with Crippen LogP contribution in [0.25, 0.3) is 0 Å². The molecule has 1 heterocycles. The Kier molecular flexibility index (Phi) is 5.51. The molecule has 104 valence electrons. The molecule has 1 aromatic heterocycles. The molecule has 2 atom stereocenters. The first-order chi connectivity index (χ1) is 8.49. The van der Waals surface area contributed by atoms with Gasteiger partial charge in [-0.1, -0.05) is 33.6 Å². The fraction of sp³-hybridized carbons (Fsp3) is 0.786. The first kappa shape index (κ1) is 14.9. The molecule has 0 bridgehead atoms. The first-order valence-electron chi connectivity index (χ1n) is 7.07. The normalized spacial score (nSPS) is 14.5. The van der Waals surface area contributed by atoms with E-state index < -0.39 is 0 Å². The number of nitrogens with two attached hydrogens (primary N) is 1. The Bertz CT molecular complexity index is 370. The lowest BCUT2D eigenvalue weighted by Gasteiger charge is -2.19. The van der Waals surface area contributed by atoms with Crippen molar-refractivity contribution in [1.82, 2.24) is 9.78 Å². The molecule has 2 unspecified atom stereocenters. The topological polar surface area (TPSA) is 55.9 Å². The highest BCUT2D eigenvalue weighted by Gasteiger charge is 2.15. The average Bonchev–Trinajstić information content (AvgIpc) is 2.57. The molecule has 1 rings (SSSR count). The van der Waals surface area contributed by atoms with Crippen LogP contribution in [0, 0.1) is 5.92 Å². The number of nitrogen functional groups attached to an aromatic ring is 1. The minimum absolute atomic E-state index is 0.423. The fourth-order valence-electron chi connectivity index (χ4n) is 2.25. The number of aromatic nitrogens is 2. The summed E-state index contributed by atoms with van der Waals surface area (Å²) >= 11 is 0. The van der Waals surface area contributed by atoms with Gasteiger partial charge in [-0.3, -0.25) is 4.68 Å². The van der Waals surface area contributed by atoms with Gasteiger partial charge in [0.05, 0.1) is 11.4 Å². The summed E-state index contributed by atoms with van der Waals surface area (Å²) in [6, 6.07) is 0.423. The summed E-state index contributed by atoms with van der Waals surface area (Å²) in [6.07, 6.45) is 4.39. The molecular formula is C14H28N4. The molecule has 0 amide bonds. The van der Waals surface area contributed by atoms with E-state index in [2.05, 4.69) is 38.1 Å². The Morgan fingerprint density at radius 3 is 2.56 bits per heavy atom. The molecule has 4 heteroatoms. The first-order valence-corrected chi connectivity index (χ1v) is 7.07. The van der Waals surface area contributed by atoms with E-state index in [1.165, 1.54) is 6.42 Å². The van der Waals surface area contributed by atoms with Crippen molar-refractivity contribution in [3.8, 4) is 0 Å². The van der Waals surface area contributed by atoms with Crippen molar-refractivity contribution in [3.05, 3.63) is 5.69 Å². The third-order valence-corrected chi connectivity index (χ3v) is 3.48. The highest BCUT2D eigenvalue weighted by molar-refractivity contribution is 5.65. The van der Waals surface area contributed by atoms with Crippen LogP contribution >= 0.6 is 0 Å². The Hall–Kier alpha value is -1.19. The molecule has 18 heavy (non-hydrogen) atoms. The Morgan fingerprint density at radius 2 is 2.00 bits per heavy atom. The molecule has 0 aliphatic carbocycles. The van der Waals surface area contributed by atoms with Gasteiger partial charge in [0, 0.05) is 13.1 Å². The smallest absolute Gasteiger partial charge is 0.147 e. The molecule has 0 aromatic carbocycles. The number of nitrogens with zero attached hydrogens (tertiary/aromatic N) is 2. The lowest BCUT2D eigenvalue weighted by atomic mass is 10.0. The molecule has 4 nitrogen and oxygen atoms in total. The Labute approximate surface area is 111 Å².